The summed E-state index contributed by atoms with van der Waals surface area (Å²) >= 11 is 5.05. The summed E-state index contributed by atoms with van der Waals surface area (Å²) in [6.07, 6.45) is 0. The topological polar surface area (TPSA) is 38.3 Å². The van der Waals surface area contributed by atoms with E-state index in [1.54, 1.807) is 11.8 Å². The number of benzene rings is 1. The van der Waals surface area contributed by atoms with Crippen LogP contribution in [0, 0.1) is 0 Å². The minimum absolute atomic E-state index is 0.177. The molecule has 1 unspecified atom stereocenters. The van der Waals surface area contributed by atoms with E-state index >= 15 is 0 Å². The normalized spacial score (nSPS) is 12.2. The molecular formula is C13H18BrNO2S. The minimum Gasteiger partial charge on any atom is -0.465 e. The first-order chi connectivity index (χ1) is 8.67. The fourth-order valence-electron chi connectivity index (χ4n) is 1.41. The van der Waals surface area contributed by atoms with Gasteiger partial charge < -0.3 is 10.1 Å². The van der Waals surface area contributed by atoms with E-state index in [1.807, 2.05) is 38.1 Å². The molecule has 0 saturated carbocycles. The van der Waals surface area contributed by atoms with Crippen LogP contribution in [0.15, 0.2) is 33.6 Å². The van der Waals surface area contributed by atoms with Crippen LogP contribution in [0.2, 0.25) is 0 Å². The first-order valence-corrected chi connectivity index (χ1v) is 7.73. The number of halogens is 1. The number of hydrogen-bond donors (Lipinski definition) is 1. The van der Waals surface area contributed by atoms with Crippen LogP contribution in [-0.2, 0) is 9.53 Å². The first-order valence-electron chi connectivity index (χ1n) is 5.95. The van der Waals surface area contributed by atoms with Crippen molar-refractivity contribution in [3.8, 4) is 0 Å². The van der Waals surface area contributed by atoms with Gasteiger partial charge in [0.15, 0.2) is 0 Å². The zero-order valence-electron chi connectivity index (χ0n) is 10.6. The largest absolute Gasteiger partial charge is 0.465 e. The van der Waals surface area contributed by atoms with Gasteiger partial charge in [0.2, 0.25) is 0 Å². The van der Waals surface area contributed by atoms with E-state index in [0.29, 0.717) is 12.4 Å². The smallest absolute Gasteiger partial charge is 0.323 e. The lowest BCUT2D eigenvalue weighted by Gasteiger charge is -2.15. The number of thioether (sulfide) groups is 1. The summed E-state index contributed by atoms with van der Waals surface area (Å²) in [6.45, 7) is 4.98. The van der Waals surface area contributed by atoms with Crippen LogP contribution >= 0.6 is 27.7 Å². The third-order valence-corrected chi connectivity index (χ3v) is 3.89. The second-order valence-electron chi connectivity index (χ2n) is 3.63. The molecule has 18 heavy (non-hydrogen) atoms. The molecule has 3 nitrogen and oxygen atoms in total. The van der Waals surface area contributed by atoms with Gasteiger partial charge in [0.1, 0.15) is 6.04 Å². The predicted octanol–water partition coefficient (Wildman–Crippen LogP) is 3.08. The highest BCUT2D eigenvalue weighted by Gasteiger charge is 2.18. The second-order valence-corrected chi connectivity index (χ2v) is 5.64. The van der Waals surface area contributed by atoms with Gasteiger partial charge in [0, 0.05) is 15.1 Å². The Morgan fingerprint density at radius 2 is 2.06 bits per heavy atom. The molecule has 1 aromatic carbocycles. The molecule has 1 aromatic rings. The lowest BCUT2D eigenvalue weighted by molar-refractivity contribution is -0.144. The standard InChI is InChI=1S/C13H18BrNO2S/c1-3-15-12(13(16)17-4-2)9-18-11-7-5-10(14)6-8-11/h5-8,12,15H,3-4,9H2,1-2H3. The molecule has 5 heteroatoms. The van der Waals surface area contributed by atoms with Crippen molar-refractivity contribution in [3.63, 3.8) is 0 Å². The van der Waals surface area contributed by atoms with E-state index < -0.39 is 0 Å². The molecular weight excluding hydrogens is 314 g/mol. The number of ether oxygens (including phenoxy) is 1. The SMILES string of the molecule is CCNC(CSc1ccc(Br)cc1)C(=O)OCC. The van der Waals surface area contributed by atoms with Crippen LogP contribution < -0.4 is 5.32 Å². The number of esters is 1. The monoisotopic (exact) mass is 331 g/mol. The highest BCUT2D eigenvalue weighted by Crippen LogP contribution is 2.21. The van der Waals surface area contributed by atoms with Crippen molar-refractivity contribution in [2.45, 2.75) is 24.8 Å². The van der Waals surface area contributed by atoms with E-state index in [9.17, 15) is 4.79 Å². The highest BCUT2D eigenvalue weighted by atomic mass is 79.9. The molecule has 0 aliphatic carbocycles. The Bertz CT molecular complexity index is 370. The summed E-state index contributed by atoms with van der Waals surface area (Å²) < 4.78 is 6.10. The van der Waals surface area contributed by atoms with Gasteiger partial charge in [-0.1, -0.05) is 22.9 Å². The Hall–Kier alpha value is -0.520. The van der Waals surface area contributed by atoms with E-state index in [0.717, 1.165) is 15.9 Å². The lowest BCUT2D eigenvalue weighted by Crippen LogP contribution is -2.40. The molecule has 0 spiro atoms. The van der Waals surface area contributed by atoms with Crippen molar-refractivity contribution in [1.82, 2.24) is 5.32 Å². The molecule has 0 amide bonds. The zero-order valence-corrected chi connectivity index (χ0v) is 13.0. The van der Waals surface area contributed by atoms with Gasteiger partial charge in [0.05, 0.1) is 6.61 Å². The Kier molecular flexibility index (Phi) is 7.39. The van der Waals surface area contributed by atoms with Crippen molar-refractivity contribution in [2.24, 2.45) is 0 Å². The van der Waals surface area contributed by atoms with Gasteiger partial charge >= 0.3 is 5.97 Å². The summed E-state index contributed by atoms with van der Waals surface area (Å²) in [5, 5.41) is 3.14. The van der Waals surface area contributed by atoms with Crippen molar-refractivity contribution in [1.29, 1.82) is 0 Å². The fourth-order valence-corrected chi connectivity index (χ4v) is 2.62. The van der Waals surface area contributed by atoms with Crippen LogP contribution in [0.4, 0.5) is 0 Å². The molecule has 0 saturated heterocycles. The molecule has 0 bridgehead atoms. The molecule has 0 heterocycles. The average molecular weight is 332 g/mol. The molecule has 100 valence electrons. The lowest BCUT2D eigenvalue weighted by atomic mass is 10.3. The van der Waals surface area contributed by atoms with Crippen LogP contribution in [0.3, 0.4) is 0 Å². The van der Waals surface area contributed by atoms with E-state index in [2.05, 4.69) is 21.2 Å². The summed E-state index contributed by atoms with van der Waals surface area (Å²) in [4.78, 5) is 12.8. The quantitative estimate of drug-likeness (QED) is 0.615. The number of nitrogens with one attached hydrogen (secondary N) is 1. The Morgan fingerprint density at radius 3 is 2.61 bits per heavy atom. The van der Waals surface area contributed by atoms with Crippen LogP contribution in [0.25, 0.3) is 0 Å². The zero-order chi connectivity index (χ0) is 13.4. The fraction of sp³-hybridized carbons (Fsp3) is 0.462. The van der Waals surface area contributed by atoms with Gasteiger partial charge in [-0.3, -0.25) is 4.79 Å². The maximum Gasteiger partial charge on any atom is 0.323 e. The maximum atomic E-state index is 11.7. The van der Waals surface area contributed by atoms with E-state index in [1.165, 1.54) is 0 Å². The number of hydrogen-bond acceptors (Lipinski definition) is 4. The van der Waals surface area contributed by atoms with Gasteiger partial charge in [-0.15, -0.1) is 11.8 Å². The molecule has 0 aliphatic heterocycles. The van der Waals surface area contributed by atoms with Crippen molar-refractivity contribution < 1.29 is 9.53 Å². The van der Waals surface area contributed by atoms with Crippen molar-refractivity contribution in [2.75, 3.05) is 18.9 Å². The number of rotatable bonds is 7. The van der Waals surface area contributed by atoms with Crippen molar-refractivity contribution in [3.05, 3.63) is 28.7 Å². The number of likely N-dealkylation sites (N-methyl/N-ethyl adjacent to an activating group) is 1. The van der Waals surface area contributed by atoms with Crippen LogP contribution in [0.1, 0.15) is 13.8 Å². The second kappa shape index (κ2) is 8.56. The molecule has 1 N–H and O–H groups in total. The van der Waals surface area contributed by atoms with E-state index in [-0.39, 0.29) is 12.0 Å². The maximum absolute atomic E-state index is 11.7. The van der Waals surface area contributed by atoms with Gasteiger partial charge in [0.25, 0.3) is 0 Å². The number of carbonyl (C=O) groups is 1. The molecule has 1 atom stereocenters. The van der Waals surface area contributed by atoms with Gasteiger partial charge in [-0.2, -0.15) is 0 Å². The summed E-state index contributed by atoms with van der Waals surface area (Å²) in [5.41, 5.74) is 0. The predicted molar refractivity (Wildman–Crippen MR) is 79.0 cm³/mol. The first kappa shape index (κ1) is 15.5. The molecule has 1 rings (SSSR count). The third-order valence-electron chi connectivity index (χ3n) is 2.25. The Labute approximate surface area is 121 Å². The average Bonchev–Trinajstić information content (AvgIpc) is 2.36. The summed E-state index contributed by atoms with van der Waals surface area (Å²) in [6, 6.07) is 7.80. The molecule has 0 aliphatic rings. The minimum atomic E-state index is -0.247. The van der Waals surface area contributed by atoms with Crippen LogP contribution in [-0.4, -0.2) is 30.9 Å². The van der Waals surface area contributed by atoms with Gasteiger partial charge in [-0.05, 0) is 37.7 Å². The highest BCUT2D eigenvalue weighted by molar-refractivity contribution is 9.10. The molecule has 0 radical (unpaired) electrons. The summed E-state index contributed by atoms with van der Waals surface area (Å²) in [7, 11) is 0. The number of carbonyl (C=O) groups excluding carboxylic acids is 1. The molecule has 0 fully saturated rings. The Balaban J connectivity index is 2.51. The molecule has 0 aromatic heterocycles. The third kappa shape index (κ3) is 5.42. The van der Waals surface area contributed by atoms with Crippen LogP contribution in [0.5, 0.6) is 0 Å². The summed E-state index contributed by atoms with van der Waals surface area (Å²) in [5.74, 6) is 0.498. The van der Waals surface area contributed by atoms with E-state index in [4.69, 9.17) is 4.74 Å². The van der Waals surface area contributed by atoms with Gasteiger partial charge in [-0.25, -0.2) is 0 Å². The Morgan fingerprint density at radius 1 is 1.39 bits per heavy atom. The van der Waals surface area contributed by atoms with Crippen molar-refractivity contribution >= 4 is 33.7 Å².